The number of aliphatic hydroxyl groups is 1. The molecule has 0 unspecified atom stereocenters. The van der Waals surface area contributed by atoms with Crippen molar-refractivity contribution < 1.29 is 45.8 Å². The maximum absolute atomic E-state index is 14.1. The Morgan fingerprint density at radius 3 is 2.39 bits per heavy atom. The molecule has 14 nitrogen and oxygen atoms in total. The Balaban J connectivity index is 0.962. The number of amides is 3. The topological polar surface area (TPSA) is 185 Å². The molecule has 1 saturated heterocycles. The highest BCUT2D eigenvalue weighted by Gasteiger charge is 2.44. The lowest BCUT2D eigenvalue weighted by Crippen LogP contribution is -2.57. The second kappa shape index (κ2) is 22.1. The summed E-state index contributed by atoms with van der Waals surface area (Å²) < 4.78 is 74.5. The largest absolute Gasteiger partial charge is 0.484 e. The van der Waals surface area contributed by atoms with Crippen molar-refractivity contribution in [3.63, 3.8) is 0 Å². The summed E-state index contributed by atoms with van der Waals surface area (Å²) in [5, 5.41) is 21.9. The van der Waals surface area contributed by atoms with E-state index in [4.69, 9.17) is 9.84 Å². The van der Waals surface area contributed by atoms with Crippen molar-refractivity contribution in [1.29, 1.82) is 0 Å². The zero-order valence-electron chi connectivity index (χ0n) is 40.1. The maximum Gasteiger partial charge on any atom is 0.355 e. The summed E-state index contributed by atoms with van der Waals surface area (Å²) in [6, 6.07) is 21.3. The maximum atomic E-state index is 14.1. The number of para-hydroxylation sites is 1. The quantitative estimate of drug-likeness (QED) is 0.0513. The number of ether oxygens (including phenoxy) is 1. The van der Waals surface area contributed by atoms with Crippen LogP contribution >= 0.6 is 11.3 Å². The Morgan fingerprint density at radius 1 is 1.00 bits per heavy atom. The fraction of sp³-hybridized carbons (Fsp3) is 0.365. The number of thiazole rings is 1. The standard InChI is InChI=1S/C52H56F3N7O7S2/c1-31-47(70-30-57-31)36-18-16-33(17-19-36)28-56-49(65)42-27-39(63)29-62(42)50(66)48(52(3,4)5)58-44(64)15-10-8-7-9-12-35-13-11-14-40-45(59-61(6)46(35)40)37-22-25-41(60-71(67,68)51(54)55)43(26-37)69-32(2)34-20-23-38(53)24-21-34/h11,13-14,16-26,30,32,39,42,48,51,60,63H,7-8,10,15,27-29H2,1-6H3,(H,56,65)(H,58,64)/t32-,39+,42-,48+/m0/s1. The van der Waals surface area contributed by atoms with Gasteiger partial charge in [-0.1, -0.05) is 87.2 Å². The highest BCUT2D eigenvalue weighted by Crippen LogP contribution is 2.38. The number of likely N-dealkylation sites (tertiary alicyclic amines) is 1. The number of aryl methyl sites for hydroxylation is 2. The first-order valence-corrected chi connectivity index (χ1v) is 25.5. The van der Waals surface area contributed by atoms with E-state index < -0.39 is 57.2 Å². The third-order valence-corrected chi connectivity index (χ3v) is 14.1. The third kappa shape index (κ3) is 12.6. The lowest BCUT2D eigenvalue weighted by Gasteiger charge is -2.35. The number of hydrogen-bond donors (Lipinski definition) is 4. The average Bonchev–Trinajstić information content (AvgIpc) is 4.04. The predicted molar refractivity (Wildman–Crippen MR) is 267 cm³/mol. The molecule has 1 aliphatic heterocycles. The van der Waals surface area contributed by atoms with E-state index in [2.05, 4.69) is 27.5 Å². The Kier molecular flexibility index (Phi) is 16.2. The number of benzene rings is 4. The zero-order chi connectivity index (χ0) is 51.2. The van der Waals surface area contributed by atoms with Gasteiger partial charge in [-0.2, -0.15) is 13.9 Å². The number of β-amino-alcohol motifs (C(OH)–C–C–N with tert-alkyl or cyclic N) is 1. The minimum atomic E-state index is -5.05. The first-order valence-electron chi connectivity index (χ1n) is 23.1. The summed E-state index contributed by atoms with van der Waals surface area (Å²) in [7, 11) is -3.30. The van der Waals surface area contributed by atoms with Crippen LogP contribution in [0.25, 0.3) is 32.6 Å². The fourth-order valence-corrected chi connectivity index (χ4v) is 9.74. The van der Waals surface area contributed by atoms with Crippen molar-refractivity contribution in [2.75, 3.05) is 11.3 Å². The molecule has 0 saturated carbocycles. The van der Waals surface area contributed by atoms with E-state index >= 15 is 0 Å². The number of fused-ring (bicyclic) bond motifs is 1. The number of nitrogens with one attached hydrogen (secondary N) is 3. The molecule has 3 heterocycles. The van der Waals surface area contributed by atoms with Crippen molar-refractivity contribution in [3.8, 4) is 39.3 Å². The van der Waals surface area contributed by atoms with Crippen LogP contribution in [-0.4, -0.2) is 81.4 Å². The number of aromatic nitrogens is 3. The Morgan fingerprint density at radius 2 is 1.72 bits per heavy atom. The molecule has 1 aliphatic rings. The third-order valence-electron chi connectivity index (χ3n) is 12.1. The number of aliphatic hydroxyl groups excluding tert-OH is 1. The van der Waals surface area contributed by atoms with Crippen LogP contribution in [0.15, 0.2) is 90.4 Å². The van der Waals surface area contributed by atoms with Gasteiger partial charge in [-0.15, -0.1) is 11.3 Å². The molecular weight excluding hydrogens is 956 g/mol. The lowest BCUT2D eigenvalue weighted by molar-refractivity contribution is -0.144. The molecule has 4 aromatic carbocycles. The van der Waals surface area contributed by atoms with Gasteiger partial charge in [-0.25, -0.2) is 17.8 Å². The predicted octanol–water partition coefficient (Wildman–Crippen LogP) is 8.64. The second-order valence-electron chi connectivity index (χ2n) is 18.6. The number of unbranched alkanes of at least 4 members (excludes halogenated alkanes) is 2. The van der Waals surface area contributed by atoms with Gasteiger partial charge in [-0.3, -0.25) is 23.8 Å². The number of carbonyl (C=O) groups excluding carboxylic acids is 3. The van der Waals surface area contributed by atoms with Gasteiger partial charge in [0, 0.05) is 50.3 Å². The molecule has 4 atom stereocenters. The highest BCUT2D eigenvalue weighted by molar-refractivity contribution is 7.93. The molecule has 71 heavy (non-hydrogen) atoms. The summed E-state index contributed by atoms with van der Waals surface area (Å²) >= 11 is 1.56. The van der Waals surface area contributed by atoms with Gasteiger partial charge in [-0.05, 0) is 79.1 Å². The van der Waals surface area contributed by atoms with Gasteiger partial charge < -0.3 is 25.4 Å². The van der Waals surface area contributed by atoms with E-state index in [1.807, 2.05) is 74.9 Å². The number of nitrogens with zero attached hydrogens (tertiary/aromatic N) is 4. The zero-order valence-corrected chi connectivity index (χ0v) is 41.8. The smallest absolute Gasteiger partial charge is 0.355 e. The van der Waals surface area contributed by atoms with E-state index in [1.54, 1.807) is 35.5 Å². The number of carbonyl (C=O) groups is 3. The van der Waals surface area contributed by atoms with Gasteiger partial charge in [0.25, 0.3) is 10.0 Å². The minimum Gasteiger partial charge on any atom is -0.484 e. The summed E-state index contributed by atoms with van der Waals surface area (Å²) in [5.74, 6) is 1.04. The van der Waals surface area contributed by atoms with Crippen LogP contribution < -0.4 is 20.1 Å². The van der Waals surface area contributed by atoms with Crippen molar-refractivity contribution >= 4 is 55.7 Å². The molecule has 0 spiro atoms. The normalized spacial score (nSPS) is 15.8. The second-order valence-corrected chi connectivity index (χ2v) is 21.1. The van der Waals surface area contributed by atoms with Gasteiger partial charge >= 0.3 is 5.76 Å². The molecule has 3 amide bonds. The van der Waals surface area contributed by atoms with E-state index in [0.29, 0.717) is 52.5 Å². The van der Waals surface area contributed by atoms with Gasteiger partial charge in [0.05, 0.1) is 39.0 Å². The van der Waals surface area contributed by atoms with Crippen LogP contribution in [0.3, 0.4) is 0 Å². The average molecular weight is 1010 g/mol. The van der Waals surface area contributed by atoms with Crippen LogP contribution in [0.4, 0.5) is 18.9 Å². The van der Waals surface area contributed by atoms with Crippen molar-refractivity contribution in [2.45, 2.75) is 103 Å². The molecule has 7 rings (SSSR count). The summed E-state index contributed by atoms with van der Waals surface area (Å²) in [6.07, 6.45) is 0.105. The number of anilines is 1. The molecule has 2 aromatic heterocycles. The number of halogens is 3. The van der Waals surface area contributed by atoms with Gasteiger partial charge in [0.2, 0.25) is 17.7 Å². The molecule has 0 radical (unpaired) electrons. The van der Waals surface area contributed by atoms with Gasteiger partial charge in [0.15, 0.2) is 0 Å². The summed E-state index contributed by atoms with van der Waals surface area (Å²) in [4.78, 5) is 47.7. The fourth-order valence-electron chi connectivity index (χ4n) is 8.36. The van der Waals surface area contributed by atoms with Crippen LogP contribution in [0.2, 0.25) is 0 Å². The molecule has 4 N–H and O–H groups in total. The molecular formula is C52H56F3N7O7S2. The van der Waals surface area contributed by atoms with Gasteiger partial charge in [0.1, 0.15) is 35.4 Å². The van der Waals surface area contributed by atoms with Crippen LogP contribution in [0.5, 0.6) is 5.75 Å². The Hall–Kier alpha value is -6.75. The molecule has 0 aliphatic carbocycles. The number of alkyl halides is 2. The number of hydrogen-bond acceptors (Lipinski definition) is 10. The molecule has 19 heteroatoms. The van der Waals surface area contributed by atoms with E-state index in [-0.39, 0.29) is 49.2 Å². The van der Waals surface area contributed by atoms with Crippen molar-refractivity contribution in [2.24, 2.45) is 12.5 Å². The first kappa shape index (κ1) is 52.1. The monoisotopic (exact) mass is 1010 g/mol. The van der Waals surface area contributed by atoms with Crippen LogP contribution in [-0.2, 0) is 38.0 Å². The number of rotatable bonds is 17. The summed E-state index contributed by atoms with van der Waals surface area (Å²) in [6.45, 7) is 9.32. The molecule has 374 valence electrons. The minimum absolute atomic E-state index is 0.0330. The SMILES string of the molecule is Cc1ncsc1-c1ccc(CNC(=O)[C@@H]2C[C@@H](O)CN2C(=O)[C@@H](NC(=O)CCCCC#Cc2cccc3c(-c4ccc(NS(=O)(=O)C(F)F)c(O[C@@H](C)c5ccc(F)cc5)c4)nn(C)c23)C(C)(C)C)cc1. The Labute approximate surface area is 415 Å². The van der Waals surface area contributed by atoms with E-state index in [9.17, 15) is 41.1 Å². The molecule has 6 aromatic rings. The number of sulfonamides is 1. The highest BCUT2D eigenvalue weighted by atomic mass is 32.2. The van der Waals surface area contributed by atoms with Crippen LogP contribution in [0.1, 0.15) is 88.3 Å². The Bertz CT molecular complexity index is 3070. The molecule has 1 fully saturated rings. The van der Waals surface area contributed by atoms with Crippen molar-refractivity contribution in [3.05, 3.63) is 119 Å². The van der Waals surface area contributed by atoms with Crippen molar-refractivity contribution in [1.82, 2.24) is 30.3 Å². The molecule has 0 bridgehead atoms. The first-order chi connectivity index (χ1) is 33.7. The summed E-state index contributed by atoms with van der Waals surface area (Å²) in [5.41, 5.74) is 6.65. The van der Waals surface area contributed by atoms with E-state index in [1.165, 1.54) is 47.4 Å². The van der Waals surface area contributed by atoms with Crippen LogP contribution in [0, 0.1) is 30.0 Å². The lowest BCUT2D eigenvalue weighted by atomic mass is 9.85. The van der Waals surface area contributed by atoms with E-state index in [0.717, 1.165) is 21.7 Å².